The van der Waals surface area contributed by atoms with Crippen LogP contribution in [0.25, 0.3) is 10.2 Å². The fraction of sp³-hybridized carbons (Fsp3) is 0.381. The maximum Gasteiger partial charge on any atom is 0.279 e. The van der Waals surface area contributed by atoms with Crippen LogP contribution in [-0.4, -0.2) is 54.0 Å². The molecule has 2 unspecified atom stereocenters. The zero-order chi connectivity index (χ0) is 20.0. The summed E-state index contributed by atoms with van der Waals surface area (Å²) in [5, 5.41) is 0.646. The van der Waals surface area contributed by atoms with E-state index in [1.165, 1.54) is 23.2 Å². The number of sulfonamides is 1. The van der Waals surface area contributed by atoms with Gasteiger partial charge in [0.05, 0.1) is 16.5 Å². The first-order valence-electron chi connectivity index (χ1n) is 9.79. The van der Waals surface area contributed by atoms with Gasteiger partial charge in [0.2, 0.25) is 10.0 Å². The van der Waals surface area contributed by atoms with E-state index in [4.69, 9.17) is 4.74 Å². The average molecular weight is 430 g/mol. The minimum Gasteiger partial charge on any atom is -0.431 e. The number of rotatable bonds is 5. The maximum atomic E-state index is 12.0. The molecule has 5 rings (SSSR count). The van der Waals surface area contributed by atoms with Crippen LogP contribution in [0.2, 0.25) is 0 Å². The van der Waals surface area contributed by atoms with Gasteiger partial charge in [-0.1, -0.05) is 35.6 Å². The molecule has 0 aliphatic carbocycles. The number of piperazine rings is 1. The third-order valence-electron chi connectivity index (χ3n) is 5.68. The highest BCUT2D eigenvalue weighted by atomic mass is 32.2. The van der Waals surface area contributed by atoms with E-state index >= 15 is 0 Å². The number of hydrogen-bond donors (Lipinski definition) is 0. The molecule has 2 atom stereocenters. The van der Waals surface area contributed by atoms with Gasteiger partial charge in [-0.05, 0) is 42.7 Å². The Labute approximate surface area is 174 Å². The first-order valence-corrected chi connectivity index (χ1v) is 12.5. The number of aromatic nitrogens is 1. The molecule has 1 aromatic heterocycles. The fourth-order valence-electron chi connectivity index (χ4n) is 4.54. The van der Waals surface area contributed by atoms with Crippen molar-refractivity contribution in [3.63, 3.8) is 0 Å². The minimum absolute atomic E-state index is 0.116. The molecule has 3 heterocycles. The Kier molecular flexibility index (Phi) is 4.82. The number of para-hydroxylation sites is 1. The van der Waals surface area contributed by atoms with Gasteiger partial charge in [-0.2, -0.15) is 4.31 Å². The van der Waals surface area contributed by atoms with Crippen molar-refractivity contribution in [1.29, 1.82) is 0 Å². The monoisotopic (exact) mass is 429 g/mol. The molecule has 2 aliphatic rings. The van der Waals surface area contributed by atoms with Gasteiger partial charge in [-0.25, -0.2) is 13.4 Å². The Morgan fingerprint density at radius 2 is 1.76 bits per heavy atom. The van der Waals surface area contributed by atoms with E-state index in [0.29, 0.717) is 5.19 Å². The van der Waals surface area contributed by atoms with Gasteiger partial charge in [-0.15, -0.1) is 0 Å². The van der Waals surface area contributed by atoms with Crippen LogP contribution in [-0.2, 0) is 16.6 Å². The molecule has 0 saturated carbocycles. The van der Waals surface area contributed by atoms with Crippen molar-refractivity contribution < 1.29 is 13.2 Å². The molecule has 29 heavy (non-hydrogen) atoms. The zero-order valence-electron chi connectivity index (χ0n) is 16.2. The summed E-state index contributed by atoms with van der Waals surface area (Å²) in [6.07, 6.45) is 3.25. The predicted octanol–water partition coefficient (Wildman–Crippen LogP) is 3.70. The molecule has 6 nitrogen and oxygen atoms in total. The second-order valence-corrected chi connectivity index (χ2v) is 10.7. The third kappa shape index (κ3) is 3.90. The highest BCUT2D eigenvalue weighted by Gasteiger charge is 2.44. The largest absolute Gasteiger partial charge is 0.431 e. The molecule has 3 aromatic rings. The number of thiazole rings is 1. The molecule has 2 saturated heterocycles. The van der Waals surface area contributed by atoms with Gasteiger partial charge in [0.1, 0.15) is 5.75 Å². The van der Waals surface area contributed by atoms with Crippen molar-refractivity contribution in [2.45, 2.75) is 31.5 Å². The van der Waals surface area contributed by atoms with Crippen LogP contribution in [0.15, 0.2) is 48.5 Å². The molecule has 2 fully saturated rings. The van der Waals surface area contributed by atoms with E-state index in [0.717, 1.165) is 48.4 Å². The van der Waals surface area contributed by atoms with Crippen LogP contribution in [0.5, 0.6) is 10.9 Å². The Balaban J connectivity index is 1.23. The molecule has 8 heteroatoms. The van der Waals surface area contributed by atoms with Crippen LogP contribution in [0.4, 0.5) is 0 Å². The number of ether oxygens (including phenoxy) is 1. The summed E-state index contributed by atoms with van der Waals surface area (Å²) in [6.45, 7) is 2.42. The molecule has 0 spiro atoms. The number of nitrogens with zero attached hydrogens (tertiary/aromatic N) is 3. The Bertz CT molecular complexity index is 1080. The molecule has 2 aliphatic heterocycles. The summed E-state index contributed by atoms with van der Waals surface area (Å²) in [7, 11) is -3.12. The average Bonchev–Trinajstić information content (AvgIpc) is 3.21. The first kappa shape index (κ1) is 19.0. The lowest BCUT2D eigenvalue weighted by atomic mass is 10.1. The third-order valence-corrected chi connectivity index (χ3v) is 7.96. The lowest BCUT2D eigenvalue weighted by Gasteiger charge is -2.39. The smallest absolute Gasteiger partial charge is 0.279 e. The summed E-state index contributed by atoms with van der Waals surface area (Å²) in [5.74, 6) is 0.773. The summed E-state index contributed by atoms with van der Waals surface area (Å²) >= 11 is 1.54. The van der Waals surface area contributed by atoms with Gasteiger partial charge >= 0.3 is 0 Å². The van der Waals surface area contributed by atoms with Gasteiger partial charge in [0.15, 0.2) is 0 Å². The highest BCUT2D eigenvalue weighted by molar-refractivity contribution is 7.88. The second-order valence-electron chi connectivity index (χ2n) is 7.87. The number of hydrogen-bond acceptors (Lipinski definition) is 6. The Morgan fingerprint density at radius 3 is 2.41 bits per heavy atom. The van der Waals surface area contributed by atoms with Crippen molar-refractivity contribution in [1.82, 2.24) is 14.2 Å². The molecular weight excluding hydrogens is 406 g/mol. The van der Waals surface area contributed by atoms with Crippen LogP contribution < -0.4 is 4.74 Å². The molecule has 0 radical (unpaired) electrons. The van der Waals surface area contributed by atoms with Crippen molar-refractivity contribution in [2.24, 2.45) is 0 Å². The van der Waals surface area contributed by atoms with E-state index < -0.39 is 10.0 Å². The molecule has 2 bridgehead atoms. The Morgan fingerprint density at radius 1 is 1.07 bits per heavy atom. The Hall–Kier alpha value is -2.00. The minimum atomic E-state index is -3.12. The van der Waals surface area contributed by atoms with Gasteiger partial charge in [0, 0.05) is 31.7 Å². The predicted molar refractivity (Wildman–Crippen MR) is 115 cm³/mol. The lowest BCUT2D eigenvalue weighted by Crippen LogP contribution is -2.54. The number of likely N-dealkylation sites (tertiary alicyclic amines) is 1. The summed E-state index contributed by atoms with van der Waals surface area (Å²) in [4.78, 5) is 6.88. The first-order chi connectivity index (χ1) is 14.0. The molecule has 152 valence electrons. The van der Waals surface area contributed by atoms with Crippen LogP contribution >= 0.6 is 11.3 Å². The quantitative estimate of drug-likeness (QED) is 0.619. The van der Waals surface area contributed by atoms with Crippen molar-refractivity contribution in [3.8, 4) is 10.9 Å². The van der Waals surface area contributed by atoms with E-state index in [1.807, 2.05) is 36.4 Å². The van der Waals surface area contributed by atoms with Crippen molar-refractivity contribution in [3.05, 3.63) is 54.1 Å². The van der Waals surface area contributed by atoms with E-state index in [9.17, 15) is 8.42 Å². The van der Waals surface area contributed by atoms with Gasteiger partial charge in [-0.3, -0.25) is 4.90 Å². The number of fused-ring (bicyclic) bond motifs is 3. The van der Waals surface area contributed by atoms with E-state index in [2.05, 4.69) is 22.0 Å². The summed E-state index contributed by atoms with van der Waals surface area (Å²) in [6, 6.07) is 16.3. The van der Waals surface area contributed by atoms with E-state index in [1.54, 1.807) is 4.31 Å². The molecular formula is C21H23N3O3S2. The highest BCUT2D eigenvalue weighted by Crippen LogP contribution is 2.34. The summed E-state index contributed by atoms with van der Waals surface area (Å²) < 4.78 is 32.9. The van der Waals surface area contributed by atoms with Gasteiger partial charge < -0.3 is 4.74 Å². The molecule has 0 amide bonds. The topological polar surface area (TPSA) is 62.7 Å². The standard InChI is InChI=1S/C21H23N3O3S2/c1-29(25,26)24-16-8-9-17(24)14-23(13-16)12-15-6-10-18(11-7-15)27-21-22-19-4-2-3-5-20(19)28-21/h2-7,10-11,16-17H,8-9,12-14H2,1H3. The fourth-order valence-corrected chi connectivity index (χ4v) is 6.80. The molecule has 2 aromatic carbocycles. The van der Waals surface area contributed by atoms with Crippen LogP contribution in [0.3, 0.4) is 0 Å². The van der Waals surface area contributed by atoms with Crippen LogP contribution in [0.1, 0.15) is 18.4 Å². The zero-order valence-corrected chi connectivity index (χ0v) is 17.8. The van der Waals surface area contributed by atoms with E-state index in [-0.39, 0.29) is 12.1 Å². The summed E-state index contributed by atoms with van der Waals surface area (Å²) in [5.41, 5.74) is 2.15. The van der Waals surface area contributed by atoms with Crippen molar-refractivity contribution in [2.75, 3.05) is 19.3 Å². The lowest BCUT2D eigenvalue weighted by molar-refractivity contribution is 0.124. The van der Waals surface area contributed by atoms with Gasteiger partial charge in [0.25, 0.3) is 5.19 Å². The van der Waals surface area contributed by atoms with Crippen LogP contribution in [0, 0.1) is 0 Å². The molecule has 0 N–H and O–H groups in total. The normalized spacial score (nSPS) is 22.9. The second kappa shape index (κ2) is 7.36. The maximum absolute atomic E-state index is 12.0. The SMILES string of the molecule is CS(=O)(=O)N1C2CCC1CN(Cc1ccc(Oc3nc4ccccc4s3)cc1)C2. The van der Waals surface area contributed by atoms with Crippen molar-refractivity contribution >= 4 is 31.6 Å². The number of benzene rings is 2.